The number of carbonyl (C=O) groups is 1. The van der Waals surface area contributed by atoms with E-state index in [1.165, 1.54) is 11.3 Å². The van der Waals surface area contributed by atoms with Crippen LogP contribution in [-0.4, -0.2) is 42.4 Å². The fourth-order valence-corrected chi connectivity index (χ4v) is 4.21. The Labute approximate surface area is 162 Å². The summed E-state index contributed by atoms with van der Waals surface area (Å²) < 4.78 is 7.89. The number of pyridine rings is 1. The molecule has 0 spiro atoms. The lowest BCUT2D eigenvalue weighted by Crippen LogP contribution is -2.09. The predicted octanol–water partition coefficient (Wildman–Crippen LogP) is 3.68. The number of anilines is 1. The number of imidazole rings is 1. The highest BCUT2D eigenvalue weighted by atomic mass is 32.1. The number of aromatic nitrogens is 4. The third-order valence-electron chi connectivity index (χ3n) is 4.52. The van der Waals surface area contributed by atoms with Crippen LogP contribution in [0, 0.1) is 0 Å². The topological polar surface area (TPSA) is 122 Å². The molecule has 4 aromatic rings. The summed E-state index contributed by atoms with van der Waals surface area (Å²) in [6.07, 6.45) is 0.677. The molecular weight excluding hydrogens is 382 g/mol. The van der Waals surface area contributed by atoms with Gasteiger partial charge in [0, 0.05) is 18.7 Å². The van der Waals surface area contributed by atoms with Gasteiger partial charge in [-0.05, 0) is 25.0 Å². The first-order chi connectivity index (χ1) is 13.6. The van der Waals surface area contributed by atoms with Crippen molar-refractivity contribution in [1.29, 1.82) is 0 Å². The van der Waals surface area contributed by atoms with Gasteiger partial charge in [-0.15, -0.1) is 0 Å². The molecule has 0 atom stereocenters. The van der Waals surface area contributed by atoms with Gasteiger partial charge in [0.15, 0.2) is 11.0 Å². The molecule has 0 unspecified atom stereocenters. The molecule has 0 saturated heterocycles. The van der Waals surface area contributed by atoms with E-state index in [9.17, 15) is 9.90 Å². The van der Waals surface area contributed by atoms with Crippen LogP contribution >= 0.6 is 11.3 Å². The molecule has 0 fully saturated rings. The van der Waals surface area contributed by atoms with E-state index in [0.29, 0.717) is 39.7 Å². The van der Waals surface area contributed by atoms with E-state index < -0.39 is 6.09 Å². The van der Waals surface area contributed by atoms with E-state index in [4.69, 9.17) is 14.8 Å². The number of ether oxygens (including phenoxy) is 1. The molecule has 0 aliphatic carbocycles. The van der Waals surface area contributed by atoms with Gasteiger partial charge in [-0.25, -0.2) is 19.7 Å². The van der Waals surface area contributed by atoms with Crippen LogP contribution < -0.4 is 10.1 Å². The Hall–Kier alpha value is -3.40. The van der Waals surface area contributed by atoms with Gasteiger partial charge in [-0.2, -0.15) is 0 Å². The van der Waals surface area contributed by atoms with Crippen LogP contribution in [0.5, 0.6) is 11.5 Å². The van der Waals surface area contributed by atoms with Gasteiger partial charge in [0.25, 0.3) is 0 Å². The number of rotatable bonds is 2. The number of amides is 1. The first-order valence-electron chi connectivity index (χ1n) is 8.72. The second kappa shape index (κ2) is 6.34. The number of phenols is 1. The summed E-state index contributed by atoms with van der Waals surface area (Å²) >= 11 is 1.17. The molecule has 142 valence electrons. The normalized spacial score (nSPS) is 13.9. The van der Waals surface area contributed by atoms with Gasteiger partial charge in [0.05, 0.1) is 12.1 Å². The molecule has 0 saturated carbocycles. The van der Waals surface area contributed by atoms with E-state index in [2.05, 4.69) is 19.9 Å². The number of benzene rings is 1. The molecule has 0 radical (unpaired) electrons. The number of nitrogens with zero attached hydrogens (tertiary/aromatic N) is 4. The fourth-order valence-electron chi connectivity index (χ4n) is 3.38. The minimum absolute atomic E-state index is 0.106. The van der Waals surface area contributed by atoms with Crippen LogP contribution in [0.2, 0.25) is 0 Å². The van der Waals surface area contributed by atoms with E-state index in [1.54, 1.807) is 18.2 Å². The quantitative estimate of drug-likeness (QED) is 0.471. The smallest absolute Gasteiger partial charge is 0.410 e. The summed E-state index contributed by atoms with van der Waals surface area (Å²) in [4.78, 5) is 25.0. The number of aromatic hydroxyl groups is 1. The molecular formula is C18H15N5O4S. The number of nitrogens with one attached hydrogen (secondary N) is 1. The molecule has 10 heteroatoms. The van der Waals surface area contributed by atoms with Gasteiger partial charge in [-0.1, -0.05) is 11.3 Å². The molecule has 3 aromatic heterocycles. The number of hydrogen-bond donors (Lipinski definition) is 3. The molecule has 0 bridgehead atoms. The van der Waals surface area contributed by atoms with E-state index in [-0.39, 0.29) is 10.9 Å². The van der Waals surface area contributed by atoms with E-state index in [0.717, 1.165) is 24.9 Å². The number of aryl methyl sites for hydroxylation is 1. The summed E-state index contributed by atoms with van der Waals surface area (Å²) in [5, 5.41) is 21.4. The molecule has 4 heterocycles. The highest BCUT2D eigenvalue weighted by molar-refractivity contribution is 7.21. The Bertz CT molecular complexity index is 1230. The Morgan fingerprint density at radius 1 is 1.18 bits per heavy atom. The molecule has 28 heavy (non-hydrogen) atoms. The maximum absolute atomic E-state index is 10.8. The molecule has 5 rings (SSSR count). The van der Waals surface area contributed by atoms with Crippen molar-refractivity contribution in [3.8, 4) is 23.0 Å². The standard InChI is InChI=1S/C18H15N5O4S/c24-9-7-12-14-13(8-9)27-6-2-1-5-23(14)15(19-12)10-3-4-11-16(20-10)28-17(21-11)22-18(25)26/h3-4,7-8,24H,1-2,5-6H2,(H,21,22)(H,25,26). The van der Waals surface area contributed by atoms with Crippen LogP contribution in [0.1, 0.15) is 12.8 Å². The second-order valence-electron chi connectivity index (χ2n) is 6.42. The second-order valence-corrected chi connectivity index (χ2v) is 7.40. The average molecular weight is 397 g/mol. The Balaban J connectivity index is 1.68. The van der Waals surface area contributed by atoms with Crippen molar-refractivity contribution in [1.82, 2.24) is 19.5 Å². The Morgan fingerprint density at radius 3 is 2.93 bits per heavy atom. The van der Waals surface area contributed by atoms with Crippen LogP contribution in [0.3, 0.4) is 0 Å². The van der Waals surface area contributed by atoms with Crippen molar-refractivity contribution in [3.05, 3.63) is 24.3 Å². The Kier molecular flexibility index (Phi) is 3.79. The zero-order valence-corrected chi connectivity index (χ0v) is 15.4. The first-order valence-corrected chi connectivity index (χ1v) is 9.54. The SMILES string of the molecule is O=C(O)Nc1nc2ccc(-c3nc4cc(O)cc5c4n3CCCCO5)nc2s1. The average Bonchev–Trinajstić information content (AvgIpc) is 3.18. The number of carboxylic acid groups (broad SMARTS) is 1. The maximum Gasteiger partial charge on any atom is 0.410 e. The summed E-state index contributed by atoms with van der Waals surface area (Å²) in [7, 11) is 0. The van der Waals surface area contributed by atoms with Crippen molar-refractivity contribution in [2.75, 3.05) is 11.9 Å². The fraction of sp³-hybridized carbons (Fsp3) is 0.222. The van der Waals surface area contributed by atoms with Crippen molar-refractivity contribution in [2.45, 2.75) is 19.4 Å². The zero-order valence-electron chi connectivity index (χ0n) is 14.5. The highest BCUT2D eigenvalue weighted by Gasteiger charge is 2.20. The molecule has 1 aliphatic heterocycles. The van der Waals surface area contributed by atoms with Crippen LogP contribution in [0.15, 0.2) is 24.3 Å². The van der Waals surface area contributed by atoms with Gasteiger partial charge >= 0.3 is 6.09 Å². The molecule has 1 aliphatic rings. The van der Waals surface area contributed by atoms with Crippen LogP contribution in [-0.2, 0) is 6.54 Å². The van der Waals surface area contributed by atoms with Crippen LogP contribution in [0.4, 0.5) is 9.93 Å². The molecule has 3 N–H and O–H groups in total. The van der Waals surface area contributed by atoms with Gasteiger partial charge in [0.1, 0.15) is 33.1 Å². The third-order valence-corrected chi connectivity index (χ3v) is 5.40. The lowest BCUT2D eigenvalue weighted by atomic mass is 10.2. The zero-order chi connectivity index (χ0) is 19.3. The monoisotopic (exact) mass is 397 g/mol. The number of thiazole rings is 1. The van der Waals surface area contributed by atoms with Crippen LogP contribution in [0.25, 0.3) is 32.9 Å². The summed E-state index contributed by atoms with van der Waals surface area (Å²) in [5.41, 5.74) is 2.75. The maximum atomic E-state index is 10.8. The minimum atomic E-state index is -1.16. The number of phenolic OH excluding ortho intramolecular Hbond substituents is 1. The van der Waals surface area contributed by atoms with Crippen molar-refractivity contribution in [3.63, 3.8) is 0 Å². The van der Waals surface area contributed by atoms with Gasteiger partial charge in [-0.3, -0.25) is 5.32 Å². The first kappa shape index (κ1) is 16.8. The lowest BCUT2D eigenvalue weighted by Gasteiger charge is -2.16. The van der Waals surface area contributed by atoms with E-state index in [1.807, 2.05) is 6.07 Å². The molecule has 9 nitrogen and oxygen atoms in total. The molecule has 1 aromatic carbocycles. The largest absolute Gasteiger partial charge is 0.508 e. The lowest BCUT2D eigenvalue weighted by molar-refractivity contribution is 0.209. The van der Waals surface area contributed by atoms with Crippen molar-refractivity contribution < 1.29 is 19.7 Å². The predicted molar refractivity (Wildman–Crippen MR) is 104 cm³/mol. The Morgan fingerprint density at radius 2 is 2.07 bits per heavy atom. The number of hydrogen-bond acceptors (Lipinski definition) is 7. The van der Waals surface area contributed by atoms with E-state index >= 15 is 0 Å². The summed E-state index contributed by atoms with van der Waals surface area (Å²) in [5.74, 6) is 1.39. The summed E-state index contributed by atoms with van der Waals surface area (Å²) in [6, 6.07) is 6.84. The molecule has 1 amide bonds. The highest BCUT2D eigenvalue weighted by Crippen LogP contribution is 2.36. The van der Waals surface area contributed by atoms with Gasteiger partial charge < -0.3 is 19.5 Å². The number of fused-ring (bicyclic) bond motifs is 1. The van der Waals surface area contributed by atoms with Crippen molar-refractivity contribution >= 4 is 43.9 Å². The summed E-state index contributed by atoms with van der Waals surface area (Å²) in [6.45, 7) is 1.37. The third kappa shape index (κ3) is 2.78. The minimum Gasteiger partial charge on any atom is -0.508 e. The van der Waals surface area contributed by atoms with Crippen molar-refractivity contribution in [2.24, 2.45) is 0 Å². The van der Waals surface area contributed by atoms with Gasteiger partial charge in [0.2, 0.25) is 0 Å².